The minimum atomic E-state index is -0.0287. The van der Waals surface area contributed by atoms with Crippen molar-refractivity contribution in [2.75, 3.05) is 0 Å². The number of fused-ring (bicyclic) bond motifs is 6. The van der Waals surface area contributed by atoms with Gasteiger partial charge in [-0.2, -0.15) is 0 Å². The van der Waals surface area contributed by atoms with Crippen molar-refractivity contribution in [2.45, 2.75) is 19.3 Å². The summed E-state index contributed by atoms with van der Waals surface area (Å²) in [7, 11) is 0. The molecule has 0 aliphatic heterocycles. The lowest BCUT2D eigenvalue weighted by atomic mass is 9.82. The molecule has 1 radical (unpaired) electrons. The van der Waals surface area contributed by atoms with Gasteiger partial charge in [0, 0.05) is 16.2 Å². The van der Waals surface area contributed by atoms with Gasteiger partial charge in [0.05, 0.1) is 0 Å². The van der Waals surface area contributed by atoms with E-state index in [0.29, 0.717) is 0 Å². The molecular formula is C21H15O. The van der Waals surface area contributed by atoms with Crippen LogP contribution in [0, 0.1) is 6.07 Å². The molecule has 1 aromatic heterocycles. The van der Waals surface area contributed by atoms with Crippen LogP contribution in [0.2, 0.25) is 0 Å². The van der Waals surface area contributed by atoms with E-state index in [2.05, 4.69) is 56.3 Å². The zero-order chi connectivity index (χ0) is 14.9. The van der Waals surface area contributed by atoms with Crippen molar-refractivity contribution in [1.82, 2.24) is 0 Å². The minimum absolute atomic E-state index is 0.0287. The molecule has 22 heavy (non-hydrogen) atoms. The zero-order valence-corrected chi connectivity index (χ0v) is 12.6. The summed E-state index contributed by atoms with van der Waals surface area (Å²) in [5.74, 6) is 0. The predicted molar refractivity (Wildman–Crippen MR) is 90.1 cm³/mol. The molecule has 0 fully saturated rings. The Bertz CT molecular complexity index is 1050. The molecular weight excluding hydrogens is 268 g/mol. The second kappa shape index (κ2) is 3.80. The van der Waals surface area contributed by atoms with Crippen LogP contribution in [0.4, 0.5) is 0 Å². The molecule has 0 N–H and O–H groups in total. The van der Waals surface area contributed by atoms with Gasteiger partial charge < -0.3 is 4.42 Å². The molecule has 5 rings (SSSR count). The van der Waals surface area contributed by atoms with E-state index in [0.717, 1.165) is 11.2 Å². The molecule has 1 heterocycles. The fourth-order valence-electron chi connectivity index (χ4n) is 3.82. The van der Waals surface area contributed by atoms with Gasteiger partial charge in [0.2, 0.25) is 0 Å². The molecule has 1 nitrogen and oxygen atoms in total. The van der Waals surface area contributed by atoms with Gasteiger partial charge in [-0.1, -0.05) is 50.2 Å². The monoisotopic (exact) mass is 283 g/mol. The Morgan fingerprint density at radius 1 is 0.864 bits per heavy atom. The van der Waals surface area contributed by atoms with Crippen molar-refractivity contribution in [3.8, 4) is 11.1 Å². The van der Waals surface area contributed by atoms with E-state index in [1.54, 1.807) is 0 Å². The predicted octanol–water partition coefficient (Wildman–Crippen LogP) is 5.69. The molecule has 3 aromatic carbocycles. The van der Waals surface area contributed by atoms with E-state index >= 15 is 0 Å². The Labute approximate surface area is 129 Å². The van der Waals surface area contributed by atoms with Crippen LogP contribution in [0.5, 0.6) is 0 Å². The summed E-state index contributed by atoms with van der Waals surface area (Å²) < 4.78 is 6.06. The second-order valence-electron chi connectivity index (χ2n) is 6.58. The maximum atomic E-state index is 6.06. The van der Waals surface area contributed by atoms with Crippen LogP contribution in [-0.4, -0.2) is 0 Å². The van der Waals surface area contributed by atoms with E-state index in [4.69, 9.17) is 4.42 Å². The van der Waals surface area contributed by atoms with Gasteiger partial charge >= 0.3 is 0 Å². The summed E-state index contributed by atoms with van der Waals surface area (Å²) in [6.07, 6.45) is 0. The van der Waals surface area contributed by atoms with Crippen molar-refractivity contribution in [2.24, 2.45) is 0 Å². The number of rotatable bonds is 0. The smallest absolute Gasteiger partial charge is 0.135 e. The lowest BCUT2D eigenvalue weighted by Gasteiger charge is -2.20. The van der Waals surface area contributed by atoms with Crippen LogP contribution >= 0.6 is 0 Å². The first kappa shape index (κ1) is 12.0. The Hall–Kier alpha value is -2.54. The number of hydrogen-bond acceptors (Lipinski definition) is 1. The van der Waals surface area contributed by atoms with E-state index in [1.807, 2.05) is 18.2 Å². The minimum Gasteiger partial charge on any atom is -0.456 e. The first-order chi connectivity index (χ1) is 10.7. The maximum absolute atomic E-state index is 6.06. The number of para-hydroxylation sites is 1. The van der Waals surface area contributed by atoms with Gasteiger partial charge in [0.1, 0.15) is 11.2 Å². The Morgan fingerprint density at radius 2 is 1.73 bits per heavy atom. The topological polar surface area (TPSA) is 13.1 Å². The SMILES string of the molecule is CC1(C)c2[c]cccc2-c2cc3c(cc21)oc1ccccc13. The Balaban J connectivity index is 1.95. The van der Waals surface area contributed by atoms with E-state index in [9.17, 15) is 0 Å². The third kappa shape index (κ3) is 1.34. The van der Waals surface area contributed by atoms with Gasteiger partial charge in [0.25, 0.3) is 0 Å². The lowest BCUT2D eigenvalue weighted by Crippen LogP contribution is -2.14. The van der Waals surface area contributed by atoms with Crippen LogP contribution in [0.25, 0.3) is 33.1 Å². The summed E-state index contributed by atoms with van der Waals surface area (Å²) in [5.41, 5.74) is 7.13. The first-order valence-electron chi connectivity index (χ1n) is 7.63. The Morgan fingerprint density at radius 3 is 2.64 bits per heavy atom. The molecule has 105 valence electrons. The fraction of sp³-hybridized carbons (Fsp3) is 0.143. The molecule has 0 saturated heterocycles. The first-order valence-corrected chi connectivity index (χ1v) is 7.63. The molecule has 0 unspecified atom stereocenters. The average Bonchev–Trinajstić information content (AvgIpc) is 3.00. The molecule has 0 amide bonds. The van der Waals surface area contributed by atoms with Crippen molar-refractivity contribution >= 4 is 21.9 Å². The maximum Gasteiger partial charge on any atom is 0.135 e. The molecule has 0 spiro atoms. The highest BCUT2D eigenvalue weighted by Gasteiger charge is 2.36. The van der Waals surface area contributed by atoms with E-state index in [1.165, 1.54) is 33.0 Å². The lowest BCUT2D eigenvalue weighted by molar-refractivity contribution is 0.646. The van der Waals surface area contributed by atoms with Gasteiger partial charge in [-0.15, -0.1) is 0 Å². The highest BCUT2D eigenvalue weighted by atomic mass is 16.3. The van der Waals surface area contributed by atoms with Crippen molar-refractivity contribution in [3.05, 3.63) is 71.8 Å². The van der Waals surface area contributed by atoms with Crippen molar-refractivity contribution < 1.29 is 4.42 Å². The standard InChI is InChI=1S/C21H15O/c1-21(2)17-9-5-3-7-13(17)15-11-16-14-8-4-6-10-19(14)22-20(16)12-18(15)21/h3-8,10-12H,1-2H3. The fourth-order valence-corrected chi connectivity index (χ4v) is 3.82. The molecule has 4 aromatic rings. The van der Waals surface area contributed by atoms with Gasteiger partial charge in [0.15, 0.2) is 0 Å². The average molecular weight is 283 g/mol. The molecule has 0 bridgehead atoms. The van der Waals surface area contributed by atoms with Crippen LogP contribution in [0.15, 0.2) is 59.0 Å². The quantitative estimate of drug-likeness (QED) is 0.404. The molecule has 0 saturated carbocycles. The van der Waals surface area contributed by atoms with Gasteiger partial charge in [-0.25, -0.2) is 0 Å². The second-order valence-corrected chi connectivity index (χ2v) is 6.58. The largest absolute Gasteiger partial charge is 0.456 e. The highest BCUT2D eigenvalue weighted by molar-refractivity contribution is 6.07. The van der Waals surface area contributed by atoms with Crippen molar-refractivity contribution in [1.29, 1.82) is 0 Å². The van der Waals surface area contributed by atoms with Gasteiger partial charge in [-0.3, -0.25) is 0 Å². The summed E-state index contributed by atoms with van der Waals surface area (Å²) in [4.78, 5) is 0. The molecule has 1 aliphatic rings. The third-order valence-electron chi connectivity index (χ3n) is 4.96. The van der Waals surface area contributed by atoms with Crippen LogP contribution in [-0.2, 0) is 5.41 Å². The van der Waals surface area contributed by atoms with E-state index < -0.39 is 0 Å². The summed E-state index contributed by atoms with van der Waals surface area (Å²) in [6.45, 7) is 4.53. The number of hydrogen-bond donors (Lipinski definition) is 0. The molecule has 0 atom stereocenters. The third-order valence-corrected chi connectivity index (χ3v) is 4.96. The Kier molecular flexibility index (Phi) is 2.08. The van der Waals surface area contributed by atoms with Crippen LogP contribution in [0.3, 0.4) is 0 Å². The summed E-state index contributed by atoms with van der Waals surface area (Å²) >= 11 is 0. The summed E-state index contributed by atoms with van der Waals surface area (Å²) in [5, 5.41) is 2.38. The molecule has 1 heteroatoms. The highest BCUT2D eigenvalue weighted by Crippen LogP contribution is 2.50. The normalized spacial score (nSPS) is 15.2. The number of benzene rings is 3. The number of furan rings is 1. The summed E-state index contributed by atoms with van der Waals surface area (Å²) in [6, 6.07) is 22.5. The molecule has 1 aliphatic carbocycles. The van der Waals surface area contributed by atoms with Crippen LogP contribution < -0.4 is 0 Å². The van der Waals surface area contributed by atoms with E-state index in [-0.39, 0.29) is 5.41 Å². The van der Waals surface area contributed by atoms with Gasteiger partial charge in [-0.05, 0) is 46.5 Å². The van der Waals surface area contributed by atoms with Crippen molar-refractivity contribution in [3.63, 3.8) is 0 Å². The zero-order valence-electron chi connectivity index (χ0n) is 12.6. The van der Waals surface area contributed by atoms with Crippen LogP contribution in [0.1, 0.15) is 25.0 Å².